The zero-order valence-electron chi connectivity index (χ0n) is 14.4. The van der Waals surface area contributed by atoms with Gasteiger partial charge in [0.15, 0.2) is 11.5 Å². The van der Waals surface area contributed by atoms with Crippen molar-refractivity contribution in [3.8, 4) is 11.5 Å². The Balaban J connectivity index is 2.04. The van der Waals surface area contributed by atoms with Gasteiger partial charge in [-0.3, -0.25) is 9.79 Å². The fourth-order valence-electron chi connectivity index (χ4n) is 2.59. The highest BCUT2D eigenvalue weighted by Gasteiger charge is 2.08. The Bertz CT molecular complexity index is 759. The average molecular weight is 326 g/mol. The normalized spacial score (nSPS) is 10.8. The number of phenols is 1. The first-order valence-electron chi connectivity index (χ1n) is 7.66. The number of aryl methyl sites for hydroxylation is 3. The number of carbonyl (C=O) groups excluding carboxylic acids is 1. The highest BCUT2D eigenvalue weighted by molar-refractivity contribution is 5.95. The molecule has 0 unspecified atom stereocenters. The van der Waals surface area contributed by atoms with E-state index in [-0.39, 0.29) is 18.2 Å². The van der Waals surface area contributed by atoms with Gasteiger partial charge in [-0.05, 0) is 44.0 Å². The third kappa shape index (κ3) is 4.13. The van der Waals surface area contributed by atoms with E-state index in [1.807, 2.05) is 32.9 Å². The van der Waals surface area contributed by atoms with Gasteiger partial charge < -0.3 is 15.2 Å². The van der Waals surface area contributed by atoms with Crippen LogP contribution in [0.5, 0.6) is 11.5 Å². The number of anilines is 1. The van der Waals surface area contributed by atoms with Crippen LogP contribution >= 0.6 is 0 Å². The molecule has 0 spiro atoms. The molecule has 2 aromatic rings. The van der Waals surface area contributed by atoms with Crippen molar-refractivity contribution in [3.05, 3.63) is 52.6 Å². The van der Waals surface area contributed by atoms with Gasteiger partial charge in [-0.25, -0.2) is 0 Å². The molecule has 0 saturated heterocycles. The summed E-state index contributed by atoms with van der Waals surface area (Å²) in [6.07, 6.45) is 1.46. The molecule has 0 atom stereocenters. The van der Waals surface area contributed by atoms with Gasteiger partial charge in [0.2, 0.25) is 5.91 Å². The number of ether oxygens (including phenoxy) is 1. The summed E-state index contributed by atoms with van der Waals surface area (Å²) in [4.78, 5) is 16.2. The maximum Gasteiger partial charge on any atom is 0.246 e. The molecule has 2 aromatic carbocycles. The fraction of sp³-hybridized carbons (Fsp3) is 0.263. The molecule has 0 bridgehead atoms. The van der Waals surface area contributed by atoms with Crippen LogP contribution in [0.3, 0.4) is 0 Å². The van der Waals surface area contributed by atoms with Crippen LogP contribution in [0.15, 0.2) is 35.3 Å². The average Bonchev–Trinajstić information content (AvgIpc) is 2.52. The Kier molecular flexibility index (Phi) is 5.58. The number of rotatable bonds is 5. The molecule has 0 aliphatic heterocycles. The summed E-state index contributed by atoms with van der Waals surface area (Å²) >= 11 is 0. The number of hydrogen-bond donors (Lipinski definition) is 2. The predicted molar refractivity (Wildman–Crippen MR) is 96.4 cm³/mol. The predicted octanol–water partition coefficient (Wildman–Crippen LogP) is 3.38. The van der Waals surface area contributed by atoms with Crippen molar-refractivity contribution in [2.45, 2.75) is 20.8 Å². The fourth-order valence-corrected chi connectivity index (χ4v) is 2.59. The molecule has 0 heterocycles. The van der Waals surface area contributed by atoms with Gasteiger partial charge in [-0.1, -0.05) is 23.8 Å². The van der Waals surface area contributed by atoms with Gasteiger partial charge in [0, 0.05) is 17.5 Å². The lowest BCUT2D eigenvalue weighted by molar-refractivity contribution is -0.114. The van der Waals surface area contributed by atoms with Crippen molar-refractivity contribution in [3.63, 3.8) is 0 Å². The largest absolute Gasteiger partial charge is 0.504 e. The molecular formula is C19H22N2O3. The van der Waals surface area contributed by atoms with E-state index in [0.717, 1.165) is 22.4 Å². The number of nitrogens with zero attached hydrogens (tertiary/aromatic N) is 1. The number of hydrogen-bond acceptors (Lipinski definition) is 4. The summed E-state index contributed by atoms with van der Waals surface area (Å²) in [5, 5.41) is 12.9. The zero-order chi connectivity index (χ0) is 17.7. The smallest absolute Gasteiger partial charge is 0.246 e. The van der Waals surface area contributed by atoms with E-state index < -0.39 is 0 Å². The van der Waals surface area contributed by atoms with Gasteiger partial charge in [-0.2, -0.15) is 0 Å². The van der Waals surface area contributed by atoms with Gasteiger partial charge in [0.05, 0.1) is 7.11 Å². The first-order chi connectivity index (χ1) is 11.4. The minimum absolute atomic E-state index is 0.00869. The number of amides is 1. The summed E-state index contributed by atoms with van der Waals surface area (Å²) < 4.78 is 5.04. The minimum atomic E-state index is -0.205. The lowest BCUT2D eigenvalue weighted by Crippen LogP contribution is -2.16. The second kappa shape index (κ2) is 7.64. The number of nitrogens with one attached hydrogen (secondary N) is 1. The third-order valence-corrected chi connectivity index (χ3v) is 3.66. The first kappa shape index (κ1) is 17.5. The third-order valence-electron chi connectivity index (χ3n) is 3.66. The van der Waals surface area contributed by atoms with E-state index in [2.05, 4.69) is 10.3 Å². The molecule has 0 aromatic heterocycles. The number of carbonyl (C=O) groups is 1. The summed E-state index contributed by atoms with van der Waals surface area (Å²) in [6.45, 7) is 5.93. The Morgan fingerprint density at radius 1 is 1.25 bits per heavy atom. The molecule has 2 N–H and O–H groups in total. The first-order valence-corrected chi connectivity index (χ1v) is 7.66. The number of phenolic OH excluding ortho intramolecular Hbond substituents is 1. The van der Waals surface area contributed by atoms with Gasteiger partial charge in [0.1, 0.15) is 6.54 Å². The van der Waals surface area contributed by atoms with E-state index in [9.17, 15) is 9.90 Å². The van der Waals surface area contributed by atoms with Crippen LogP contribution in [-0.4, -0.2) is 30.9 Å². The number of aliphatic imine (C=N–C) groups is 1. The van der Waals surface area contributed by atoms with E-state index in [4.69, 9.17) is 4.74 Å². The van der Waals surface area contributed by atoms with E-state index in [1.165, 1.54) is 13.3 Å². The molecule has 1 amide bonds. The summed E-state index contributed by atoms with van der Waals surface area (Å²) in [5.41, 5.74) is 4.54. The van der Waals surface area contributed by atoms with Crippen LogP contribution in [0.1, 0.15) is 22.3 Å². The molecule has 0 radical (unpaired) electrons. The van der Waals surface area contributed by atoms with Gasteiger partial charge in [-0.15, -0.1) is 0 Å². The Hall–Kier alpha value is -2.82. The van der Waals surface area contributed by atoms with Gasteiger partial charge >= 0.3 is 0 Å². The molecule has 5 heteroatoms. The molecule has 0 aliphatic carbocycles. The highest BCUT2D eigenvalue weighted by atomic mass is 16.5. The van der Waals surface area contributed by atoms with Crippen molar-refractivity contribution < 1.29 is 14.6 Å². The lowest BCUT2D eigenvalue weighted by atomic mass is 10.1. The second-order valence-electron chi connectivity index (χ2n) is 5.69. The quantitative estimate of drug-likeness (QED) is 0.828. The SMILES string of the molecule is COc1cccc(C=NCC(=O)Nc2c(C)cc(C)cc2C)c1O. The number of benzene rings is 2. The standard InChI is InChI=1S/C19H22N2O3/c1-12-8-13(2)18(14(3)9-12)21-17(22)11-20-10-15-6-5-7-16(24-4)19(15)23/h5-10,23H,11H2,1-4H3,(H,21,22). The number of methoxy groups -OCH3 is 1. The van der Waals surface area contributed by atoms with Crippen molar-refractivity contribution in [2.24, 2.45) is 4.99 Å². The van der Waals surface area contributed by atoms with Crippen LogP contribution < -0.4 is 10.1 Å². The molecule has 0 saturated carbocycles. The molecule has 126 valence electrons. The van der Waals surface area contributed by atoms with Crippen LogP contribution in [0.2, 0.25) is 0 Å². The summed E-state index contributed by atoms with van der Waals surface area (Å²) in [5.74, 6) is 0.173. The van der Waals surface area contributed by atoms with Crippen molar-refractivity contribution in [2.75, 3.05) is 19.0 Å². The zero-order valence-corrected chi connectivity index (χ0v) is 14.4. The molecule has 5 nitrogen and oxygen atoms in total. The lowest BCUT2D eigenvalue weighted by Gasteiger charge is -2.12. The minimum Gasteiger partial charge on any atom is -0.504 e. The monoisotopic (exact) mass is 326 g/mol. The van der Waals surface area contributed by atoms with Crippen LogP contribution in [0.4, 0.5) is 5.69 Å². The highest BCUT2D eigenvalue weighted by Crippen LogP contribution is 2.28. The van der Waals surface area contributed by atoms with Crippen molar-refractivity contribution in [1.82, 2.24) is 0 Å². The summed E-state index contributed by atoms with van der Waals surface area (Å²) in [6, 6.07) is 9.16. The van der Waals surface area contributed by atoms with Crippen LogP contribution in [0, 0.1) is 20.8 Å². The van der Waals surface area contributed by atoms with Crippen molar-refractivity contribution in [1.29, 1.82) is 0 Å². The molecule has 0 aliphatic rings. The van der Waals surface area contributed by atoms with E-state index in [1.54, 1.807) is 18.2 Å². The number of aromatic hydroxyl groups is 1. The Morgan fingerprint density at radius 3 is 2.54 bits per heavy atom. The Morgan fingerprint density at radius 2 is 1.92 bits per heavy atom. The van der Waals surface area contributed by atoms with E-state index >= 15 is 0 Å². The maximum atomic E-state index is 12.1. The molecule has 2 rings (SSSR count). The Labute approximate surface area is 142 Å². The van der Waals surface area contributed by atoms with Crippen LogP contribution in [-0.2, 0) is 4.79 Å². The van der Waals surface area contributed by atoms with Gasteiger partial charge in [0.25, 0.3) is 0 Å². The number of para-hydroxylation sites is 1. The topological polar surface area (TPSA) is 70.9 Å². The molecule has 0 fully saturated rings. The second-order valence-corrected chi connectivity index (χ2v) is 5.69. The summed E-state index contributed by atoms with van der Waals surface area (Å²) in [7, 11) is 1.48. The molecule has 24 heavy (non-hydrogen) atoms. The molecular weight excluding hydrogens is 304 g/mol. The van der Waals surface area contributed by atoms with Crippen LogP contribution in [0.25, 0.3) is 0 Å². The van der Waals surface area contributed by atoms with E-state index in [0.29, 0.717) is 11.3 Å². The maximum absolute atomic E-state index is 12.1. The van der Waals surface area contributed by atoms with Crippen molar-refractivity contribution >= 4 is 17.8 Å².